The summed E-state index contributed by atoms with van der Waals surface area (Å²) in [4.78, 5) is 12.7. The van der Waals surface area contributed by atoms with E-state index in [0.29, 0.717) is 5.92 Å². The summed E-state index contributed by atoms with van der Waals surface area (Å²) in [6.45, 7) is 5.91. The number of para-hydroxylation sites is 1. The Kier molecular flexibility index (Phi) is 6.37. The van der Waals surface area contributed by atoms with Gasteiger partial charge in [-0.15, -0.1) is 11.8 Å². The summed E-state index contributed by atoms with van der Waals surface area (Å²) in [5, 5.41) is 2.42. The van der Waals surface area contributed by atoms with E-state index in [1.54, 1.807) is 6.92 Å². The van der Waals surface area contributed by atoms with Gasteiger partial charge >= 0.3 is 0 Å². The average molecular weight is 349 g/mol. The molecule has 2 unspecified atom stereocenters. The van der Waals surface area contributed by atoms with Crippen LogP contribution in [0.3, 0.4) is 0 Å². The molecule has 0 bridgehead atoms. The minimum Gasteiger partial charge on any atom is -0.325 e. The van der Waals surface area contributed by atoms with Crippen LogP contribution in [0.15, 0.2) is 47.4 Å². The first-order chi connectivity index (χ1) is 11.4. The number of hydrogen-bond acceptors (Lipinski definition) is 2. The van der Waals surface area contributed by atoms with Crippen LogP contribution in [-0.4, -0.2) is 11.2 Å². The second-order valence-electron chi connectivity index (χ2n) is 5.72. The number of carbonyl (C=O) groups is 1. The highest BCUT2D eigenvalue weighted by molar-refractivity contribution is 8.00. The minimum absolute atomic E-state index is 0.209. The van der Waals surface area contributed by atoms with Crippen LogP contribution in [0, 0.1) is 11.6 Å². The predicted octanol–water partition coefficient (Wildman–Crippen LogP) is 5.60. The minimum atomic E-state index is -0.653. The summed E-state index contributed by atoms with van der Waals surface area (Å²) >= 11 is 1.07. The summed E-state index contributed by atoms with van der Waals surface area (Å²) in [6.07, 6.45) is 0.970. The molecule has 0 aliphatic heterocycles. The van der Waals surface area contributed by atoms with Gasteiger partial charge in [0.05, 0.1) is 5.25 Å². The van der Waals surface area contributed by atoms with Gasteiger partial charge in [-0.2, -0.15) is 0 Å². The van der Waals surface area contributed by atoms with Crippen molar-refractivity contribution in [1.82, 2.24) is 0 Å². The molecule has 0 heterocycles. The van der Waals surface area contributed by atoms with Crippen LogP contribution in [0.5, 0.6) is 0 Å². The Morgan fingerprint density at radius 3 is 2.54 bits per heavy atom. The van der Waals surface area contributed by atoms with Gasteiger partial charge in [0.1, 0.15) is 11.6 Å². The highest BCUT2D eigenvalue weighted by Crippen LogP contribution is 2.29. The lowest BCUT2D eigenvalue weighted by atomic mass is 9.97. The molecule has 2 aromatic rings. The summed E-state index contributed by atoms with van der Waals surface area (Å²) in [5.41, 5.74) is 1.86. The lowest BCUT2D eigenvalue weighted by molar-refractivity contribution is -0.115. The first-order valence-corrected chi connectivity index (χ1v) is 8.81. The van der Waals surface area contributed by atoms with Crippen molar-refractivity contribution < 1.29 is 13.6 Å². The van der Waals surface area contributed by atoms with E-state index >= 15 is 0 Å². The second kappa shape index (κ2) is 8.29. The van der Waals surface area contributed by atoms with E-state index in [1.165, 1.54) is 12.1 Å². The molecule has 0 aliphatic carbocycles. The smallest absolute Gasteiger partial charge is 0.237 e. The number of nitrogens with one attached hydrogen (secondary N) is 1. The molecule has 0 saturated heterocycles. The molecule has 0 radical (unpaired) electrons. The van der Waals surface area contributed by atoms with Crippen LogP contribution >= 0.6 is 11.8 Å². The van der Waals surface area contributed by atoms with Gasteiger partial charge in [0, 0.05) is 16.6 Å². The molecule has 2 rings (SSSR count). The number of hydrogen-bond donors (Lipinski definition) is 1. The molecule has 2 nitrogen and oxygen atoms in total. The highest BCUT2D eigenvalue weighted by atomic mass is 32.2. The molecule has 0 aromatic heterocycles. The van der Waals surface area contributed by atoms with Crippen molar-refractivity contribution in [3.63, 3.8) is 0 Å². The SMILES string of the molecule is CCC(C)c1ccccc1NC(=O)C(C)Sc1ccc(F)cc1F. The van der Waals surface area contributed by atoms with Crippen LogP contribution in [0.25, 0.3) is 0 Å². The maximum atomic E-state index is 13.7. The quantitative estimate of drug-likeness (QED) is 0.688. The van der Waals surface area contributed by atoms with Gasteiger partial charge in [0.15, 0.2) is 0 Å². The van der Waals surface area contributed by atoms with Gasteiger partial charge < -0.3 is 5.32 Å². The molecule has 5 heteroatoms. The fraction of sp³-hybridized carbons (Fsp3) is 0.316. The van der Waals surface area contributed by atoms with Crippen LogP contribution in [-0.2, 0) is 4.79 Å². The summed E-state index contributed by atoms with van der Waals surface area (Å²) in [5.74, 6) is -1.16. The number of thioether (sulfide) groups is 1. The number of carbonyl (C=O) groups excluding carboxylic acids is 1. The Balaban J connectivity index is 2.09. The topological polar surface area (TPSA) is 29.1 Å². The molecule has 2 atom stereocenters. The zero-order valence-electron chi connectivity index (χ0n) is 14.0. The molecule has 0 saturated carbocycles. The zero-order chi connectivity index (χ0) is 17.7. The molecular formula is C19H21F2NOS. The average Bonchev–Trinajstić information content (AvgIpc) is 2.57. The highest BCUT2D eigenvalue weighted by Gasteiger charge is 2.18. The summed E-state index contributed by atoms with van der Waals surface area (Å²) in [6, 6.07) is 11.1. The monoisotopic (exact) mass is 349 g/mol. The van der Waals surface area contributed by atoms with Crippen molar-refractivity contribution in [3.8, 4) is 0 Å². The zero-order valence-corrected chi connectivity index (χ0v) is 14.8. The van der Waals surface area contributed by atoms with Crippen LogP contribution < -0.4 is 5.32 Å². The van der Waals surface area contributed by atoms with Crippen LogP contribution in [0.2, 0.25) is 0 Å². The Bertz CT molecular complexity index is 720. The van der Waals surface area contributed by atoms with E-state index in [1.807, 2.05) is 24.3 Å². The Hall–Kier alpha value is -1.88. The fourth-order valence-corrected chi connectivity index (χ4v) is 3.17. The van der Waals surface area contributed by atoms with E-state index in [-0.39, 0.29) is 10.8 Å². The third-order valence-corrected chi connectivity index (χ3v) is 5.08. The van der Waals surface area contributed by atoms with Gasteiger partial charge in [-0.1, -0.05) is 32.0 Å². The Labute approximate surface area is 145 Å². The number of rotatable bonds is 6. The molecule has 128 valence electrons. The number of benzene rings is 2. The third kappa shape index (κ3) is 4.57. The molecule has 1 N–H and O–H groups in total. The largest absolute Gasteiger partial charge is 0.325 e. The molecule has 2 aromatic carbocycles. The van der Waals surface area contributed by atoms with E-state index < -0.39 is 16.9 Å². The second-order valence-corrected chi connectivity index (χ2v) is 7.10. The molecule has 0 fully saturated rings. The maximum Gasteiger partial charge on any atom is 0.237 e. The fourth-order valence-electron chi connectivity index (χ4n) is 2.31. The number of anilines is 1. The van der Waals surface area contributed by atoms with Gasteiger partial charge in [-0.3, -0.25) is 4.79 Å². The Morgan fingerprint density at radius 1 is 1.17 bits per heavy atom. The van der Waals surface area contributed by atoms with Crippen molar-refractivity contribution in [2.24, 2.45) is 0 Å². The molecule has 0 spiro atoms. The third-order valence-electron chi connectivity index (χ3n) is 3.93. The van der Waals surface area contributed by atoms with E-state index in [2.05, 4.69) is 19.2 Å². The molecule has 24 heavy (non-hydrogen) atoms. The van der Waals surface area contributed by atoms with E-state index in [9.17, 15) is 13.6 Å². The summed E-state index contributed by atoms with van der Waals surface area (Å²) < 4.78 is 26.7. The van der Waals surface area contributed by atoms with Crippen molar-refractivity contribution in [2.75, 3.05) is 5.32 Å². The molecular weight excluding hydrogens is 328 g/mol. The first kappa shape index (κ1) is 18.5. The lowest BCUT2D eigenvalue weighted by Crippen LogP contribution is -2.23. The van der Waals surface area contributed by atoms with Gasteiger partial charge in [-0.25, -0.2) is 8.78 Å². The number of amides is 1. The summed E-state index contributed by atoms with van der Waals surface area (Å²) in [7, 11) is 0. The van der Waals surface area contributed by atoms with Crippen molar-refractivity contribution in [3.05, 3.63) is 59.7 Å². The molecule has 0 aliphatic rings. The van der Waals surface area contributed by atoms with Crippen molar-refractivity contribution in [1.29, 1.82) is 0 Å². The Morgan fingerprint density at radius 2 is 1.88 bits per heavy atom. The number of halogens is 2. The molecule has 1 amide bonds. The predicted molar refractivity (Wildman–Crippen MR) is 95.5 cm³/mol. The van der Waals surface area contributed by atoms with Gasteiger partial charge in [0.25, 0.3) is 0 Å². The maximum absolute atomic E-state index is 13.7. The standard InChI is InChI=1S/C19H21F2NOS/c1-4-12(2)15-7-5-6-8-17(15)22-19(23)13(3)24-18-10-9-14(20)11-16(18)21/h5-13H,4H2,1-3H3,(H,22,23). The first-order valence-electron chi connectivity index (χ1n) is 7.93. The van der Waals surface area contributed by atoms with Crippen LogP contribution in [0.4, 0.5) is 14.5 Å². The van der Waals surface area contributed by atoms with Gasteiger partial charge in [-0.05, 0) is 43.0 Å². The van der Waals surface area contributed by atoms with E-state index in [4.69, 9.17) is 0 Å². The van der Waals surface area contributed by atoms with Crippen molar-refractivity contribution >= 4 is 23.4 Å². The lowest BCUT2D eigenvalue weighted by Gasteiger charge is -2.18. The van der Waals surface area contributed by atoms with E-state index in [0.717, 1.165) is 35.5 Å². The van der Waals surface area contributed by atoms with Gasteiger partial charge in [0.2, 0.25) is 5.91 Å². The van der Waals surface area contributed by atoms with Crippen molar-refractivity contribution in [2.45, 2.75) is 43.3 Å². The normalized spacial score (nSPS) is 13.4. The van der Waals surface area contributed by atoms with Crippen LogP contribution in [0.1, 0.15) is 38.7 Å².